The molecule has 2 aromatic heterocycles. The number of rotatable bonds is 5. The molecule has 0 saturated carbocycles. The fraction of sp³-hybridized carbons (Fsp3) is 0.708. The van der Waals surface area contributed by atoms with E-state index in [9.17, 15) is 4.79 Å². The number of nitrogens with one attached hydrogen (secondary N) is 3. The molecular formula is C24H40N10O. The fourth-order valence-electron chi connectivity index (χ4n) is 5.79. The molecule has 3 fully saturated rings. The first-order chi connectivity index (χ1) is 16.8. The molecule has 0 bridgehead atoms. The third kappa shape index (κ3) is 5.14. The zero-order chi connectivity index (χ0) is 24.7. The van der Waals surface area contributed by atoms with Crippen LogP contribution in [-0.4, -0.2) is 75.6 Å². The fourth-order valence-corrected chi connectivity index (χ4v) is 5.79. The van der Waals surface area contributed by atoms with E-state index in [0.29, 0.717) is 18.6 Å². The summed E-state index contributed by atoms with van der Waals surface area (Å²) in [4.78, 5) is 22.5. The largest absolute Gasteiger partial charge is 0.355 e. The predicted octanol–water partition coefficient (Wildman–Crippen LogP) is 0.147. The van der Waals surface area contributed by atoms with Crippen LogP contribution in [0.1, 0.15) is 63.3 Å². The van der Waals surface area contributed by atoms with Gasteiger partial charge in [-0.25, -0.2) is 9.50 Å². The van der Waals surface area contributed by atoms with Crippen LogP contribution in [0.15, 0.2) is 12.3 Å². The van der Waals surface area contributed by atoms with Gasteiger partial charge in [-0.2, -0.15) is 5.10 Å². The average molecular weight is 485 g/mol. The summed E-state index contributed by atoms with van der Waals surface area (Å²) in [6, 6.07) is 2.80. The van der Waals surface area contributed by atoms with Crippen molar-refractivity contribution in [3.05, 3.63) is 23.5 Å². The molecule has 35 heavy (non-hydrogen) atoms. The van der Waals surface area contributed by atoms with Gasteiger partial charge in [-0.05, 0) is 52.9 Å². The van der Waals surface area contributed by atoms with Gasteiger partial charge in [0.05, 0.1) is 11.7 Å². The Balaban J connectivity index is 1.34. The Bertz CT molecular complexity index is 1050. The predicted molar refractivity (Wildman–Crippen MR) is 136 cm³/mol. The number of likely N-dealkylation sites (tertiary alicyclic amines) is 1. The lowest BCUT2D eigenvalue weighted by Gasteiger charge is -2.39. The van der Waals surface area contributed by atoms with Crippen molar-refractivity contribution in [1.82, 2.24) is 35.4 Å². The number of fused-ring (bicyclic) bond motifs is 1. The monoisotopic (exact) mass is 484 g/mol. The minimum atomic E-state index is -0.804. The van der Waals surface area contributed by atoms with Crippen molar-refractivity contribution in [1.29, 1.82) is 0 Å². The van der Waals surface area contributed by atoms with Gasteiger partial charge in [0.2, 0.25) is 0 Å². The normalized spacial score (nSPS) is 30.7. The van der Waals surface area contributed by atoms with Crippen LogP contribution in [0.3, 0.4) is 0 Å². The Morgan fingerprint density at radius 1 is 1.20 bits per heavy atom. The van der Waals surface area contributed by atoms with Crippen molar-refractivity contribution in [2.24, 2.45) is 11.5 Å². The van der Waals surface area contributed by atoms with Gasteiger partial charge in [-0.3, -0.25) is 20.7 Å². The first kappa shape index (κ1) is 24.4. The smallest absolute Gasteiger partial charge is 0.254 e. The molecular weight excluding hydrogens is 444 g/mol. The maximum absolute atomic E-state index is 13.5. The number of carbonyl (C=O) groups excluding carboxylic acids is 1. The van der Waals surface area contributed by atoms with Crippen molar-refractivity contribution in [3.63, 3.8) is 0 Å². The van der Waals surface area contributed by atoms with E-state index in [2.05, 4.69) is 41.6 Å². The first-order valence-electron chi connectivity index (χ1n) is 13.0. The lowest BCUT2D eigenvalue weighted by Crippen LogP contribution is -2.68. The lowest BCUT2D eigenvalue weighted by atomic mass is 9.99. The Hall–Kier alpha value is -2.31. The highest BCUT2D eigenvalue weighted by Gasteiger charge is 2.34. The molecule has 192 valence electrons. The van der Waals surface area contributed by atoms with Crippen LogP contribution in [0.25, 0.3) is 5.65 Å². The highest BCUT2D eigenvalue weighted by Crippen LogP contribution is 2.32. The minimum Gasteiger partial charge on any atom is -0.355 e. The summed E-state index contributed by atoms with van der Waals surface area (Å²) >= 11 is 0. The van der Waals surface area contributed by atoms with Crippen molar-refractivity contribution >= 4 is 17.4 Å². The number of piperidine rings is 1. The Morgan fingerprint density at radius 3 is 2.69 bits per heavy atom. The van der Waals surface area contributed by atoms with E-state index in [0.717, 1.165) is 67.9 Å². The van der Waals surface area contributed by atoms with Crippen molar-refractivity contribution in [3.8, 4) is 0 Å². The molecule has 2 aromatic rings. The number of hydrogen-bond acceptors (Lipinski definition) is 9. The minimum absolute atomic E-state index is 0.0999. The summed E-state index contributed by atoms with van der Waals surface area (Å²) in [6.07, 6.45) is 5.91. The van der Waals surface area contributed by atoms with E-state index < -0.39 is 6.17 Å². The van der Waals surface area contributed by atoms with Crippen LogP contribution in [0.2, 0.25) is 0 Å². The topological polar surface area (TPSA) is 142 Å². The molecule has 3 aliphatic rings. The van der Waals surface area contributed by atoms with Gasteiger partial charge in [0, 0.05) is 55.6 Å². The number of amides is 1. The second-order valence-electron chi connectivity index (χ2n) is 10.6. The van der Waals surface area contributed by atoms with Gasteiger partial charge in [0.15, 0.2) is 5.65 Å². The molecule has 3 aliphatic heterocycles. The van der Waals surface area contributed by atoms with E-state index in [1.54, 1.807) is 0 Å². The Morgan fingerprint density at radius 2 is 1.97 bits per heavy atom. The number of nitrogens with two attached hydrogens (primary N) is 2. The number of anilines is 1. The molecule has 5 heterocycles. The summed E-state index contributed by atoms with van der Waals surface area (Å²) in [7, 11) is 0. The van der Waals surface area contributed by atoms with Crippen molar-refractivity contribution in [2.45, 2.75) is 89.5 Å². The molecule has 0 radical (unpaired) electrons. The van der Waals surface area contributed by atoms with E-state index in [1.165, 1.54) is 0 Å². The van der Waals surface area contributed by atoms with Gasteiger partial charge < -0.3 is 21.3 Å². The zero-order valence-corrected chi connectivity index (χ0v) is 21.1. The SMILES string of the molecule is Cc1cn2nc([C@@H]3CCCCN3C(=O)C(N)NC3NC(C)CC(C)N3)cc2nc1N1CC[C@H](N)C1. The number of aryl methyl sites for hydroxylation is 1. The molecule has 5 rings (SSSR count). The average Bonchev–Trinajstić information content (AvgIpc) is 3.42. The second-order valence-corrected chi connectivity index (χ2v) is 10.6. The summed E-state index contributed by atoms with van der Waals surface area (Å²) < 4.78 is 1.83. The van der Waals surface area contributed by atoms with Gasteiger partial charge in [0.1, 0.15) is 18.3 Å². The molecule has 0 aromatic carbocycles. The van der Waals surface area contributed by atoms with Gasteiger partial charge in [-0.15, -0.1) is 0 Å². The van der Waals surface area contributed by atoms with Crippen molar-refractivity contribution < 1.29 is 4.79 Å². The maximum atomic E-state index is 13.5. The summed E-state index contributed by atoms with van der Waals surface area (Å²) in [5.74, 6) is 0.868. The van der Waals surface area contributed by atoms with E-state index >= 15 is 0 Å². The van der Waals surface area contributed by atoms with Gasteiger partial charge in [0.25, 0.3) is 5.91 Å². The molecule has 3 unspecified atom stereocenters. The number of aromatic nitrogens is 3. The van der Waals surface area contributed by atoms with E-state index in [-0.39, 0.29) is 24.3 Å². The molecule has 1 amide bonds. The van der Waals surface area contributed by atoms with Crippen LogP contribution in [-0.2, 0) is 4.79 Å². The molecule has 11 heteroatoms. The highest BCUT2D eigenvalue weighted by atomic mass is 16.2. The van der Waals surface area contributed by atoms with E-state index in [1.807, 2.05) is 21.7 Å². The summed E-state index contributed by atoms with van der Waals surface area (Å²) in [6.45, 7) is 8.76. The molecule has 0 aliphatic carbocycles. The van der Waals surface area contributed by atoms with Crippen LogP contribution < -0.4 is 32.3 Å². The zero-order valence-electron chi connectivity index (χ0n) is 21.1. The standard InChI is InChI=1S/C24H40N10O/c1-14-12-34-20(29-22(14)32-9-7-17(25)13-32)11-18(31-34)19-6-4-5-8-33(19)23(35)21(26)30-24-27-15(2)10-16(3)28-24/h11-12,15-17,19,21,24,27-28,30H,4-10,13,25-26H2,1-3H3/t15?,16?,17-,19-,21?,24?/m0/s1. The van der Waals surface area contributed by atoms with Crippen LogP contribution in [0.4, 0.5) is 5.82 Å². The van der Waals surface area contributed by atoms with Crippen LogP contribution >= 0.6 is 0 Å². The Kier molecular flexibility index (Phi) is 6.95. The van der Waals surface area contributed by atoms with Gasteiger partial charge in [-0.1, -0.05) is 0 Å². The highest BCUT2D eigenvalue weighted by molar-refractivity contribution is 5.81. The quantitative estimate of drug-likeness (QED) is 0.375. The number of nitrogens with zero attached hydrogens (tertiary/aromatic N) is 5. The molecule has 0 spiro atoms. The number of hydrogen-bond donors (Lipinski definition) is 5. The summed E-state index contributed by atoms with van der Waals surface area (Å²) in [5.41, 5.74) is 15.2. The molecule has 3 saturated heterocycles. The third-order valence-corrected chi connectivity index (χ3v) is 7.50. The Labute approximate surface area is 207 Å². The second kappa shape index (κ2) is 9.98. The third-order valence-electron chi connectivity index (χ3n) is 7.50. The van der Waals surface area contributed by atoms with Crippen LogP contribution in [0.5, 0.6) is 0 Å². The first-order valence-corrected chi connectivity index (χ1v) is 13.0. The van der Waals surface area contributed by atoms with Crippen LogP contribution in [0, 0.1) is 6.92 Å². The van der Waals surface area contributed by atoms with E-state index in [4.69, 9.17) is 21.5 Å². The number of carbonyl (C=O) groups is 1. The molecule has 5 atom stereocenters. The maximum Gasteiger partial charge on any atom is 0.254 e. The van der Waals surface area contributed by atoms with Gasteiger partial charge >= 0.3 is 0 Å². The van der Waals surface area contributed by atoms with Crippen molar-refractivity contribution in [2.75, 3.05) is 24.5 Å². The lowest BCUT2D eigenvalue weighted by molar-refractivity contribution is -0.137. The molecule has 11 nitrogen and oxygen atoms in total. The molecule has 7 N–H and O–H groups in total. The summed E-state index contributed by atoms with van der Waals surface area (Å²) in [5, 5.41) is 14.9.